The highest BCUT2D eigenvalue weighted by Crippen LogP contribution is 2.65. The molecule has 0 aromatic carbocycles. The van der Waals surface area contributed by atoms with Crippen LogP contribution in [0.15, 0.2) is 0 Å². The fourth-order valence-corrected chi connectivity index (χ4v) is 4.51. The smallest absolute Gasteiger partial charge is 0.0292 e. The van der Waals surface area contributed by atoms with Gasteiger partial charge in [0, 0.05) is 0 Å². The predicted molar refractivity (Wildman–Crippen MR) is 64.7 cm³/mol. The van der Waals surface area contributed by atoms with E-state index in [1.807, 2.05) is 0 Å². The average molecular weight is 206 g/mol. The van der Waals surface area contributed by atoms with Gasteiger partial charge in [0.2, 0.25) is 0 Å². The topological polar surface area (TPSA) is 0 Å². The Kier molecular flexibility index (Phi) is 2.05. The zero-order valence-electron chi connectivity index (χ0n) is 10.7. The molecule has 86 valence electrons. The lowest BCUT2D eigenvalue weighted by Crippen LogP contribution is -2.31. The molecule has 0 aliphatic heterocycles. The van der Waals surface area contributed by atoms with Crippen molar-refractivity contribution in [1.29, 1.82) is 0 Å². The van der Waals surface area contributed by atoms with Gasteiger partial charge in [-0.05, 0) is 73.5 Å². The highest BCUT2D eigenvalue weighted by molar-refractivity contribution is 5.05. The Labute approximate surface area is 94.8 Å². The van der Waals surface area contributed by atoms with Crippen LogP contribution in [0.5, 0.6) is 0 Å². The third kappa shape index (κ3) is 1.74. The Morgan fingerprint density at radius 1 is 0.933 bits per heavy atom. The summed E-state index contributed by atoms with van der Waals surface area (Å²) in [5.41, 5.74) is 1.40. The first kappa shape index (κ1) is 10.2. The van der Waals surface area contributed by atoms with Crippen molar-refractivity contribution in [2.75, 3.05) is 0 Å². The van der Waals surface area contributed by atoms with Crippen LogP contribution in [0.3, 0.4) is 0 Å². The zero-order chi connectivity index (χ0) is 10.7. The quantitative estimate of drug-likeness (QED) is 0.541. The molecular formula is C15H26. The molecular weight excluding hydrogens is 180 g/mol. The molecule has 3 fully saturated rings. The van der Waals surface area contributed by atoms with Crippen molar-refractivity contribution < 1.29 is 0 Å². The lowest BCUT2D eigenvalue weighted by Gasteiger charge is -2.43. The SMILES string of the molecule is CC(C)(C)C1CCC2(CC1)C[C@H]1C[C@H]1C2. The van der Waals surface area contributed by atoms with E-state index in [1.54, 1.807) is 32.1 Å². The maximum atomic E-state index is 2.43. The first-order chi connectivity index (χ1) is 6.99. The lowest BCUT2D eigenvalue weighted by molar-refractivity contribution is 0.0827. The minimum absolute atomic E-state index is 0.559. The Bertz CT molecular complexity index is 238. The zero-order valence-corrected chi connectivity index (χ0v) is 10.7. The summed E-state index contributed by atoms with van der Waals surface area (Å²) in [4.78, 5) is 0. The third-order valence-corrected chi connectivity index (χ3v) is 5.73. The maximum absolute atomic E-state index is 2.43. The summed E-state index contributed by atoms with van der Waals surface area (Å²) in [6, 6.07) is 0. The fourth-order valence-electron chi connectivity index (χ4n) is 4.51. The van der Waals surface area contributed by atoms with Crippen molar-refractivity contribution in [2.24, 2.45) is 28.6 Å². The van der Waals surface area contributed by atoms with Gasteiger partial charge >= 0.3 is 0 Å². The second-order valence-electron chi connectivity index (χ2n) is 7.80. The molecule has 0 amide bonds. The molecule has 2 atom stereocenters. The molecule has 3 saturated carbocycles. The van der Waals surface area contributed by atoms with Gasteiger partial charge in [0.05, 0.1) is 0 Å². The Morgan fingerprint density at radius 3 is 1.93 bits per heavy atom. The van der Waals surface area contributed by atoms with E-state index in [4.69, 9.17) is 0 Å². The van der Waals surface area contributed by atoms with Gasteiger partial charge in [0.1, 0.15) is 0 Å². The molecule has 0 nitrogen and oxygen atoms in total. The second-order valence-corrected chi connectivity index (χ2v) is 7.80. The van der Waals surface area contributed by atoms with Gasteiger partial charge in [-0.2, -0.15) is 0 Å². The predicted octanol–water partition coefficient (Wildman–Crippen LogP) is 4.64. The standard InChI is InChI=1S/C15H26/c1-14(2,3)13-4-6-15(7-5-13)9-11-8-12(11)10-15/h11-13H,4-10H2,1-3H3/t11-,12+,13?,15?. The van der Waals surface area contributed by atoms with E-state index < -0.39 is 0 Å². The fraction of sp³-hybridized carbons (Fsp3) is 1.00. The molecule has 0 aromatic rings. The summed E-state index contributed by atoms with van der Waals surface area (Å²) in [5, 5.41) is 0. The van der Waals surface area contributed by atoms with Crippen molar-refractivity contribution in [3.63, 3.8) is 0 Å². The van der Waals surface area contributed by atoms with Gasteiger partial charge in [0.15, 0.2) is 0 Å². The van der Waals surface area contributed by atoms with Crippen molar-refractivity contribution >= 4 is 0 Å². The van der Waals surface area contributed by atoms with Crippen molar-refractivity contribution in [3.8, 4) is 0 Å². The van der Waals surface area contributed by atoms with E-state index in [-0.39, 0.29) is 0 Å². The van der Waals surface area contributed by atoms with Crippen LogP contribution in [0.25, 0.3) is 0 Å². The van der Waals surface area contributed by atoms with E-state index >= 15 is 0 Å². The molecule has 3 rings (SSSR count). The second kappa shape index (κ2) is 3.02. The van der Waals surface area contributed by atoms with Crippen molar-refractivity contribution in [3.05, 3.63) is 0 Å². The Morgan fingerprint density at radius 2 is 1.47 bits per heavy atom. The van der Waals surface area contributed by atoms with Crippen LogP contribution < -0.4 is 0 Å². The van der Waals surface area contributed by atoms with E-state index in [0.29, 0.717) is 5.41 Å². The summed E-state index contributed by atoms with van der Waals surface area (Å²) >= 11 is 0. The van der Waals surface area contributed by atoms with Crippen molar-refractivity contribution in [2.45, 2.75) is 65.7 Å². The summed E-state index contributed by atoms with van der Waals surface area (Å²) in [7, 11) is 0. The first-order valence-electron chi connectivity index (χ1n) is 6.99. The molecule has 3 aliphatic rings. The van der Waals surface area contributed by atoms with E-state index in [2.05, 4.69) is 20.8 Å². The molecule has 3 aliphatic carbocycles. The van der Waals surface area contributed by atoms with Gasteiger partial charge in [-0.15, -0.1) is 0 Å². The molecule has 1 spiro atoms. The Hall–Kier alpha value is 0. The summed E-state index contributed by atoms with van der Waals surface area (Å²) in [6.45, 7) is 7.30. The number of hydrogen-bond donors (Lipinski definition) is 0. The minimum atomic E-state index is 0.559. The van der Waals surface area contributed by atoms with Gasteiger partial charge < -0.3 is 0 Å². The number of hydrogen-bond acceptors (Lipinski definition) is 0. The molecule has 0 saturated heterocycles. The molecule has 0 heterocycles. The largest absolute Gasteiger partial charge is 0.0599 e. The van der Waals surface area contributed by atoms with Crippen LogP contribution in [0.4, 0.5) is 0 Å². The summed E-state index contributed by atoms with van der Waals surface area (Å²) in [5.74, 6) is 3.35. The van der Waals surface area contributed by atoms with Gasteiger partial charge in [-0.25, -0.2) is 0 Å². The highest BCUT2D eigenvalue weighted by atomic mass is 14.6. The molecule has 0 unspecified atom stereocenters. The third-order valence-electron chi connectivity index (χ3n) is 5.73. The van der Waals surface area contributed by atoms with E-state index in [0.717, 1.165) is 11.3 Å². The first-order valence-corrected chi connectivity index (χ1v) is 6.99. The van der Waals surface area contributed by atoms with Crippen molar-refractivity contribution in [1.82, 2.24) is 0 Å². The monoisotopic (exact) mass is 206 g/mol. The normalized spacial score (nSPS) is 49.4. The molecule has 15 heavy (non-hydrogen) atoms. The van der Waals surface area contributed by atoms with E-state index in [9.17, 15) is 0 Å². The number of fused-ring (bicyclic) bond motifs is 1. The Balaban J connectivity index is 1.61. The van der Waals surface area contributed by atoms with Gasteiger partial charge in [-0.3, -0.25) is 0 Å². The van der Waals surface area contributed by atoms with E-state index in [1.165, 1.54) is 24.7 Å². The highest BCUT2D eigenvalue weighted by Gasteiger charge is 2.54. The molecule has 0 N–H and O–H groups in total. The average Bonchev–Trinajstić information content (AvgIpc) is 2.74. The maximum Gasteiger partial charge on any atom is -0.0292 e. The van der Waals surface area contributed by atoms with Gasteiger partial charge in [-0.1, -0.05) is 20.8 Å². The minimum Gasteiger partial charge on any atom is -0.0599 e. The van der Waals surface area contributed by atoms with Crippen LogP contribution >= 0.6 is 0 Å². The van der Waals surface area contributed by atoms with Crippen LogP contribution in [-0.4, -0.2) is 0 Å². The lowest BCUT2D eigenvalue weighted by atomic mass is 9.62. The van der Waals surface area contributed by atoms with Crippen LogP contribution in [0.1, 0.15) is 65.7 Å². The van der Waals surface area contributed by atoms with Crippen LogP contribution in [0.2, 0.25) is 0 Å². The van der Waals surface area contributed by atoms with Crippen LogP contribution in [-0.2, 0) is 0 Å². The number of rotatable bonds is 0. The van der Waals surface area contributed by atoms with Gasteiger partial charge in [0.25, 0.3) is 0 Å². The molecule has 0 heteroatoms. The molecule has 0 aromatic heterocycles. The van der Waals surface area contributed by atoms with Crippen LogP contribution in [0, 0.1) is 28.6 Å². The molecule has 0 bridgehead atoms. The summed E-state index contributed by atoms with van der Waals surface area (Å²) < 4.78 is 0. The summed E-state index contributed by atoms with van der Waals surface area (Å²) in [6.07, 6.45) is 10.9. The molecule has 0 radical (unpaired) electrons.